The minimum atomic E-state index is -0.482. The van der Waals surface area contributed by atoms with E-state index in [9.17, 15) is 14.7 Å². The van der Waals surface area contributed by atoms with Gasteiger partial charge in [-0.1, -0.05) is 34.1 Å². The number of hydrogen-bond donors (Lipinski definition) is 3. The molecular weight excluding hydrogens is 442 g/mol. The number of carbonyl (C=O) groups is 2. The van der Waals surface area contributed by atoms with Gasteiger partial charge >= 0.3 is 0 Å². The van der Waals surface area contributed by atoms with Crippen molar-refractivity contribution in [3.05, 3.63) is 62.5 Å². The predicted molar refractivity (Wildman–Crippen MR) is 98.0 cm³/mol. The Morgan fingerprint density at radius 2 is 1.88 bits per heavy atom. The Morgan fingerprint density at radius 3 is 2.58 bits per heavy atom. The molecule has 0 saturated heterocycles. The van der Waals surface area contributed by atoms with Crippen LogP contribution < -0.4 is 10.7 Å². The molecule has 0 radical (unpaired) electrons. The average molecular weight is 455 g/mol. The summed E-state index contributed by atoms with van der Waals surface area (Å²) in [6.07, 6.45) is 1.31. The number of nitrogens with one attached hydrogen (secondary N) is 2. The smallest absolute Gasteiger partial charge is 0.259 e. The van der Waals surface area contributed by atoms with Gasteiger partial charge in [0.2, 0.25) is 0 Å². The van der Waals surface area contributed by atoms with Crippen molar-refractivity contribution in [2.75, 3.05) is 6.54 Å². The van der Waals surface area contributed by atoms with Gasteiger partial charge in [0.05, 0.1) is 17.2 Å². The molecule has 0 atom stereocenters. The van der Waals surface area contributed by atoms with E-state index in [0.29, 0.717) is 15.6 Å². The topological polar surface area (TPSA) is 90.8 Å². The number of nitrogens with zero attached hydrogens (tertiary/aromatic N) is 1. The van der Waals surface area contributed by atoms with E-state index >= 15 is 0 Å². The van der Waals surface area contributed by atoms with Crippen molar-refractivity contribution >= 4 is 49.9 Å². The van der Waals surface area contributed by atoms with Crippen LogP contribution in [0.2, 0.25) is 0 Å². The van der Waals surface area contributed by atoms with Crippen molar-refractivity contribution < 1.29 is 14.7 Å². The van der Waals surface area contributed by atoms with Crippen LogP contribution in [0.5, 0.6) is 5.75 Å². The number of hydrazone groups is 1. The molecule has 0 heterocycles. The monoisotopic (exact) mass is 453 g/mol. The molecule has 0 spiro atoms. The number of aromatic hydroxyl groups is 1. The summed E-state index contributed by atoms with van der Waals surface area (Å²) in [4.78, 5) is 23.5. The van der Waals surface area contributed by atoms with Crippen molar-refractivity contribution in [1.82, 2.24) is 10.7 Å². The second-order valence-electron chi connectivity index (χ2n) is 4.67. The van der Waals surface area contributed by atoms with Gasteiger partial charge in [-0.3, -0.25) is 9.59 Å². The second-order valence-corrected chi connectivity index (χ2v) is 6.44. The van der Waals surface area contributed by atoms with Gasteiger partial charge in [0.25, 0.3) is 11.8 Å². The van der Waals surface area contributed by atoms with Crippen molar-refractivity contribution in [1.29, 1.82) is 0 Å². The van der Waals surface area contributed by atoms with Gasteiger partial charge in [0.15, 0.2) is 0 Å². The van der Waals surface area contributed by atoms with E-state index in [-0.39, 0.29) is 18.2 Å². The number of phenols is 1. The summed E-state index contributed by atoms with van der Waals surface area (Å²) in [5.41, 5.74) is 3.17. The average Bonchev–Trinajstić information content (AvgIpc) is 2.57. The number of carbonyl (C=O) groups excluding carboxylic acids is 2. The zero-order valence-corrected chi connectivity index (χ0v) is 15.5. The third-order valence-electron chi connectivity index (χ3n) is 2.90. The van der Waals surface area contributed by atoms with Crippen LogP contribution in [0.25, 0.3) is 0 Å². The fourth-order valence-electron chi connectivity index (χ4n) is 1.75. The van der Waals surface area contributed by atoms with Gasteiger partial charge in [0.1, 0.15) is 5.75 Å². The molecule has 2 aromatic carbocycles. The number of amides is 2. The minimum Gasteiger partial charge on any atom is -0.506 e. The molecule has 0 aromatic heterocycles. The highest BCUT2D eigenvalue weighted by Gasteiger charge is 2.07. The number of rotatable bonds is 5. The van der Waals surface area contributed by atoms with Crippen LogP contribution in [0, 0.1) is 0 Å². The first kappa shape index (κ1) is 18.2. The first-order valence-electron chi connectivity index (χ1n) is 6.80. The highest BCUT2D eigenvalue weighted by atomic mass is 79.9. The normalized spacial score (nSPS) is 10.6. The lowest BCUT2D eigenvalue weighted by Gasteiger charge is -2.05. The molecule has 3 N–H and O–H groups in total. The lowest BCUT2D eigenvalue weighted by Crippen LogP contribution is -2.34. The SMILES string of the molecule is O=C(CNC(=O)c1ccccc1)N/N=C/c1cc(Br)cc(Br)c1O. The molecule has 0 aliphatic carbocycles. The minimum absolute atomic E-state index is 0.00794. The lowest BCUT2D eigenvalue weighted by atomic mass is 10.2. The van der Waals surface area contributed by atoms with Crippen molar-refractivity contribution in [3.63, 3.8) is 0 Å². The zero-order chi connectivity index (χ0) is 17.5. The summed E-state index contributed by atoms with van der Waals surface area (Å²) in [5.74, 6) is -0.819. The standard InChI is InChI=1S/C16H13Br2N3O3/c17-12-6-11(15(23)13(18)7-12)8-20-21-14(22)9-19-16(24)10-4-2-1-3-5-10/h1-8,23H,9H2,(H,19,24)(H,21,22)/b20-8+. The molecule has 24 heavy (non-hydrogen) atoms. The van der Waals surface area contributed by atoms with Crippen LogP contribution in [0.1, 0.15) is 15.9 Å². The molecule has 0 aliphatic heterocycles. The molecule has 2 amide bonds. The van der Waals surface area contributed by atoms with Crippen LogP contribution in [0.3, 0.4) is 0 Å². The summed E-state index contributed by atoms with van der Waals surface area (Å²) < 4.78 is 1.25. The van der Waals surface area contributed by atoms with Crippen LogP contribution in [0.15, 0.2) is 56.5 Å². The van der Waals surface area contributed by atoms with Gasteiger partial charge in [-0.25, -0.2) is 5.43 Å². The second kappa shape index (κ2) is 8.60. The van der Waals surface area contributed by atoms with Gasteiger partial charge in [-0.15, -0.1) is 0 Å². The van der Waals surface area contributed by atoms with Crippen molar-refractivity contribution in [2.24, 2.45) is 5.10 Å². The fraction of sp³-hybridized carbons (Fsp3) is 0.0625. The Morgan fingerprint density at radius 1 is 1.17 bits per heavy atom. The molecular formula is C16H13Br2N3O3. The van der Waals surface area contributed by atoms with E-state index in [1.807, 2.05) is 0 Å². The summed E-state index contributed by atoms with van der Waals surface area (Å²) in [7, 11) is 0. The van der Waals surface area contributed by atoms with Gasteiger partial charge < -0.3 is 10.4 Å². The van der Waals surface area contributed by atoms with Crippen LogP contribution >= 0.6 is 31.9 Å². The van der Waals surface area contributed by atoms with Crippen molar-refractivity contribution in [3.8, 4) is 5.75 Å². The fourth-order valence-corrected chi connectivity index (χ4v) is 3.01. The lowest BCUT2D eigenvalue weighted by molar-refractivity contribution is -0.120. The highest BCUT2D eigenvalue weighted by Crippen LogP contribution is 2.30. The van der Waals surface area contributed by atoms with E-state index in [2.05, 4.69) is 47.7 Å². The molecule has 0 bridgehead atoms. The summed E-state index contributed by atoms with van der Waals surface area (Å²) in [6, 6.07) is 11.9. The number of halogens is 2. The van der Waals surface area contributed by atoms with E-state index in [1.165, 1.54) is 6.21 Å². The molecule has 0 aliphatic rings. The third-order valence-corrected chi connectivity index (χ3v) is 3.96. The Hall–Kier alpha value is -2.19. The number of benzene rings is 2. The van der Waals surface area contributed by atoms with Crippen LogP contribution in [-0.2, 0) is 4.79 Å². The quantitative estimate of drug-likeness (QED) is 0.479. The summed E-state index contributed by atoms with van der Waals surface area (Å²) in [6.45, 7) is -0.209. The molecule has 2 aromatic rings. The molecule has 0 fully saturated rings. The maximum absolute atomic E-state index is 11.8. The van der Waals surface area contributed by atoms with Crippen LogP contribution in [0.4, 0.5) is 0 Å². The first-order valence-corrected chi connectivity index (χ1v) is 8.39. The van der Waals surface area contributed by atoms with Gasteiger partial charge in [-0.05, 0) is 40.2 Å². The summed E-state index contributed by atoms with van der Waals surface area (Å²) in [5, 5.41) is 16.1. The Kier molecular flexibility index (Phi) is 6.51. The number of phenolic OH excluding ortho intramolecular Hbond substituents is 1. The largest absolute Gasteiger partial charge is 0.506 e. The molecule has 6 nitrogen and oxygen atoms in total. The molecule has 0 saturated carbocycles. The Balaban J connectivity index is 1.86. The first-order chi connectivity index (χ1) is 11.5. The van der Waals surface area contributed by atoms with Crippen molar-refractivity contribution in [2.45, 2.75) is 0 Å². The maximum Gasteiger partial charge on any atom is 0.259 e. The van der Waals surface area contributed by atoms with E-state index < -0.39 is 5.91 Å². The van der Waals surface area contributed by atoms with Gasteiger partial charge in [0, 0.05) is 15.6 Å². The molecule has 8 heteroatoms. The number of hydrogen-bond acceptors (Lipinski definition) is 4. The molecule has 0 unspecified atom stereocenters. The van der Waals surface area contributed by atoms with E-state index in [1.54, 1.807) is 42.5 Å². The Labute approximate surface area is 155 Å². The van der Waals surface area contributed by atoms with Crippen LogP contribution in [-0.4, -0.2) is 29.7 Å². The molecule has 2 rings (SSSR count). The molecule has 124 valence electrons. The summed E-state index contributed by atoms with van der Waals surface area (Å²) >= 11 is 6.50. The zero-order valence-electron chi connectivity index (χ0n) is 12.3. The predicted octanol–water partition coefficient (Wildman–Crippen LogP) is 2.80. The van der Waals surface area contributed by atoms with Gasteiger partial charge in [-0.2, -0.15) is 5.10 Å². The highest BCUT2D eigenvalue weighted by molar-refractivity contribution is 9.11. The Bertz CT molecular complexity index is 780. The maximum atomic E-state index is 11.8. The van der Waals surface area contributed by atoms with E-state index in [0.717, 1.165) is 4.47 Å². The third kappa shape index (κ3) is 5.17. The van der Waals surface area contributed by atoms with E-state index in [4.69, 9.17) is 0 Å².